The molecule has 2 aromatic carbocycles. The van der Waals surface area contributed by atoms with Crippen LogP contribution in [0.5, 0.6) is 0 Å². The summed E-state index contributed by atoms with van der Waals surface area (Å²) in [7, 11) is 0. The van der Waals surface area contributed by atoms with Gasteiger partial charge in [0.05, 0.1) is 12.2 Å². The number of ether oxygens (including phenoxy) is 1. The molecule has 2 rings (SSSR count). The van der Waals surface area contributed by atoms with Gasteiger partial charge in [0.1, 0.15) is 0 Å². The van der Waals surface area contributed by atoms with Crippen molar-refractivity contribution >= 4 is 11.7 Å². The minimum Gasteiger partial charge on any atom is -0.869 e. The molecule has 0 saturated carbocycles. The monoisotopic (exact) mass is 452 g/mol. The molecule has 0 heterocycles. The number of hydrogen-bond donors (Lipinski definition) is 1. The summed E-state index contributed by atoms with van der Waals surface area (Å²) in [6.07, 6.45) is 0. The van der Waals surface area contributed by atoms with Crippen LogP contribution in [0.25, 0.3) is 5.76 Å². The average Bonchev–Trinajstić information content (AvgIpc) is 2.59. The van der Waals surface area contributed by atoms with Crippen LogP contribution < -0.4 is 26.3 Å². The van der Waals surface area contributed by atoms with Crippen molar-refractivity contribution in [2.24, 2.45) is 0 Å². The Morgan fingerprint density at radius 2 is 1.72 bits per heavy atom. The Morgan fingerprint density at radius 1 is 1.12 bits per heavy atom. The largest absolute Gasteiger partial charge is 0.869 e. The highest BCUT2D eigenvalue weighted by Crippen LogP contribution is 2.18. The van der Waals surface area contributed by atoms with Crippen LogP contribution in [0.1, 0.15) is 31.9 Å². The molecule has 132 valence electrons. The third-order valence-corrected chi connectivity index (χ3v) is 6.41. The Labute approximate surface area is 158 Å². The van der Waals surface area contributed by atoms with Crippen LogP contribution in [-0.4, -0.2) is 17.7 Å². The first kappa shape index (κ1) is 19.5. The zero-order valence-corrected chi connectivity index (χ0v) is 16.6. The summed E-state index contributed by atoms with van der Waals surface area (Å²) in [6.45, 7) is 5.31. The number of halogens is 1. The van der Waals surface area contributed by atoms with Crippen molar-refractivity contribution in [2.75, 3.05) is 6.61 Å². The second-order valence-electron chi connectivity index (χ2n) is 5.86. The number of benzene rings is 2. The van der Waals surface area contributed by atoms with Gasteiger partial charge in [0, 0.05) is 5.56 Å². The Balaban J connectivity index is 2.51. The highest BCUT2D eigenvalue weighted by atomic mass is 127. The van der Waals surface area contributed by atoms with Crippen LogP contribution in [0.3, 0.4) is 0 Å². The first-order valence-corrected chi connectivity index (χ1v) is 10.1. The van der Waals surface area contributed by atoms with Crippen molar-refractivity contribution < 1.29 is 40.9 Å². The van der Waals surface area contributed by atoms with E-state index in [-0.39, 0.29) is 15.9 Å². The second kappa shape index (κ2) is 8.49. The zero-order chi connectivity index (χ0) is 18.4. The molecule has 5 heteroatoms. The Hall–Kier alpha value is -1.86. The van der Waals surface area contributed by atoms with Gasteiger partial charge in [-0.3, -0.25) is 0 Å². The van der Waals surface area contributed by atoms with E-state index in [1.807, 2.05) is 30.3 Å². The standard InChI is InChI=1S/C20H21IO4/c1-4-25-19(23)17(18(22)14-10-6-5-7-11-14)21-16-13-9-8-12-15(16)20(2,3)24/h5-13,24H,4H2,1-3H3. The molecule has 0 aliphatic heterocycles. The number of rotatable bonds is 6. The smallest absolute Gasteiger partial charge is 0.384 e. The lowest BCUT2D eigenvalue weighted by Gasteiger charge is -2.17. The Morgan fingerprint density at radius 3 is 2.32 bits per heavy atom. The third-order valence-electron chi connectivity index (χ3n) is 3.42. The van der Waals surface area contributed by atoms with Gasteiger partial charge >= 0.3 is 27.2 Å². The molecular weight excluding hydrogens is 431 g/mol. The molecule has 0 aromatic heterocycles. The fraction of sp³-hybridized carbons (Fsp3) is 0.250. The van der Waals surface area contributed by atoms with Crippen LogP contribution >= 0.6 is 0 Å². The molecule has 0 aliphatic carbocycles. The van der Waals surface area contributed by atoms with Crippen molar-refractivity contribution in [2.45, 2.75) is 26.4 Å². The van der Waals surface area contributed by atoms with Crippen molar-refractivity contribution in [1.29, 1.82) is 0 Å². The highest BCUT2D eigenvalue weighted by molar-refractivity contribution is 5.92. The lowest BCUT2D eigenvalue weighted by molar-refractivity contribution is -0.576. The molecule has 0 unspecified atom stereocenters. The van der Waals surface area contributed by atoms with Gasteiger partial charge in [-0.2, -0.15) is 0 Å². The van der Waals surface area contributed by atoms with Crippen molar-refractivity contribution in [3.05, 3.63) is 72.9 Å². The maximum absolute atomic E-state index is 12.9. The predicted molar refractivity (Wildman–Crippen MR) is 90.4 cm³/mol. The van der Waals surface area contributed by atoms with E-state index in [4.69, 9.17) is 4.74 Å². The van der Waals surface area contributed by atoms with Crippen molar-refractivity contribution in [3.8, 4) is 0 Å². The van der Waals surface area contributed by atoms with E-state index in [1.54, 1.807) is 45.0 Å². The summed E-state index contributed by atoms with van der Waals surface area (Å²) in [4.78, 5) is 12.4. The number of aliphatic hydroxyl groups is 1. The molecule has 0 radical (unpaired) electrons. The first-order chi connectivity index (χ1) is 11.8. The lowest BCUT2D eigenvalue weighted by atomic mass is 9.99. The van der Waals surface area contributed by atoms with E-state index in [2.05, 4.69) is 0 Å². The van der Waals surface area contributed by atoms with Gasteiger partial charge in [0.25, 0.3) is 3.58 Å². The number of esters is 1. The maximum atomic E-state index is 12.9. The zero-order valence-electron chi connectivity index (χ0n) is 14.5. The molecule has 0 saturated heterocycles. The minimum atomic E-state index is -1.11. The Bertz CT molecular complexity index is 761. The van der Waals surface area contributed by atoms with E-state index in [0.717, 1.165) is 9.13 Å². The summed E-state index contributed by atoms with van der Waals surface area (Å²) in [5.41, 5.74) is 0.141. The number of carbonyl (C=O) groups excluding carboxylic acids is 1. The summed E-state index contributed by atoms with van der Waals surface area (Å²) in [5, 5.41) is 23.2. The van der Waals surface area contributed by atoms with Gasteiger partial charge in [-0.05, 0) is 38.2 Å². The number of hydrogen-bond acceptors (Lipinski definition) is 4. The third kappa shape index (κ3) is 5.06. The average molecular weight is 452 g/mol. The molecular formula is C20H21IO4. The van der Waals surface area contributed by atoms with Crippen LogP contribution in [0, 0.1) is 3.57 Å². The van der Waals surface area contributed by atoms with E-state index in [0.29, 0.717) is 5.56 Å². The molecule has 2 aromatic rings. The molecule has 4 nitrogen and oxygen atoms in total. The molecule has 0 amide bonds. The quantitative estimate of drug-likeness (QED) is 0.277. The molecule has 0 bridgehead atoms. The number of carbonyl (C=O) groups is 1. The lowest BCUT2D eigenvalue weighted by Crippen LogP contribution is -3.61. The van der Waals surface area contributed by atoms with E-state index >= 15 is 0 Å². The van der Waals surface area contributed by atoms with Gasteiger partial charge < -0.3 is 14.9 Å². The summed E-state index contributed by atoms with van der Waals surface area (Å²) < 4.78 is 6.12. The van der Waals surface area contributed by atoms with E-state index < -0.39 is 32.8 Å². The Kier molecular flexibility index (Phi) is 6.61. The van der Waals surface area contributed by atoms with Crippen molar-refractivity contribution in [1.82, 2.24) is 0 Å². The highest BCUT2D eigenvalue weighted by Gasteiger charge is 2.34. The van der Waals surface area contributed by atoms with Crippen LogP contribution in [0.15, 0.2) is 58.2 Å². The van der Waals surface area contributed by atoms with Crippen LogP contribution in [-0.2, 0) is 15.1 Å². The topological polar surface area (TPSA) is 69.6 Å². The molecule has 0 aliphatic rings. The second-order valence-corrected chi connectivity index (χ2v) is 8.64. The van der Waals surface area contributed by atoms with Gasteiger partial charge in [0.15, 0.2) is 0 Å². The van der Waals surface area contributed by atoms with Gasteiger partial charge in [-0.1, -0.05) is 48.5 Å². The SMILES string of the molecule is CCOC(=O)/C([I+]c1ccccc1C(C)(C)O)=C(/[O-])c1ccccc1. The molecule has 0 spiro atoms. The summed E-state index contributed by atoms with van der Waals surface area (Å²) in [6, 6.07) is 16.1. The minimum absolute atomic E-state index is 0.170. The molecule has 25 heavy (non-hydrogen) atoms. The van der Waals surface area contributed by atoms with Gasteiger partial charge in [-0.25, -0.2) is 4.79 Å². The molecule has 0 fully saturated rings. The van der Waals surface area contributed by atoms with Gasteiger partial charge in [-0.15, -0.1) is 0 Å². The van der Waals surface area contributed by atoms with Crippen LogP contribution in [0.2, 0.25) is 0 Å². The molecule has 1 N–H and O–H groups in total. The first-order valence-electron chi connectivity index (χ1n) is 7.95. The van der Waals surface area contributed by atoms with Crippen LogP contribution in [0.4, 0.5) is 0 Å². The normalized spacial score (nSPS) is 12.5. The summed E-state index contributed by atoms with van der Waals surface area (Å²) >= 11 is -1.11. The molecule has 0 atom stereocenters. The maximum Gasteiger partial charge on any atom is 0.384 e. The summed E-state index contributed by atoms with van der Waals surface area (Å²) in [5.74, 6) is -0.882. The predicted octanol–water partition coefficient (Wildman–Crippen LogP) is -0.535. The fourth-order valence-corrected chi connectivity index (χ4v) is 5.26. The van der Waals surface area contributed by atoms with E-state index in [1.165, 1.54) is 0 Å². The fourth-order valence-electron chi connectivity index (χ4n) is 2.23. The van der Waals surface area contributed by atoms with E-state index in [9.17, 15) is 15.0 Å². The van der Waals surface area contributed by atoms with Crippen molar-refractivity contribution in [3.63, 3.8) is 0 Å². The van der Waals surface area contributed by atoms with Gasteiger partial charge in [0.2, 0.25) is 3.57 Å².